The molecule has 2 N–H and O–H groups in total. The average molecular weight is 281 g/mol. The molecule has 0 saturated carbocycles. The van der Waals surface area contributed by atoms with Gasteiger partial charge in [0.2, 0.25) is 0 Å². The largest absolute Gasteiger partial charge is 0.481 e. The monoisotopic (exact) mass is 281 g/mol. The highest BCUT2D eigenvalue weighted by atomic mass is 16.4. The molecule has 1 saturated heterocycles. The van der Waals surface area contributed by atoms with E-state index in [1.807, 2.05) is 0 Å². The van der Waals surface area contributed by atoms with E-state index in [0.29, 0.717) is 32.6 Å². The molecule has 8 nitrogen and oxygen atoms in total. The Bertz CT molecular complexity index is 448. The van der Waals surface area contributed by atoms with E-state index in [0.717, 1.165) is 12.8 Å². The number of urea groups is 1. The van der Waals surface area contributed by atoms with Gasteiger partial charge in [-0.3, -0.25) is 9.48 Å². The summed E-state index contributed by atoms with van der Waals surface area (Å²) in [7, 11) is 0. The summed E-state index contributed by atoms with van der Waals surface area (Å²) in [5.74, 6) is -1.27. The summed E-state index contributed by atoms with van der Waals surface area (Å²) in [5.41, 5.74) is 0. The zero-order valence-corrected chi connectivity index (χ0v) is 11.2. The van der Waals surface area contributed by atoms with Gasteiger partial charge in [0.15, 0.2) is 0 Å². The Morgan fingerprint density at radius 3 is 3.00 bits per heavy atom. The Labute approximate surface area is 116 Å². The van der Waals surface area contributed by atoms with Gasteiger partial charge in [0.1, 0.15) is 0 Å². The number of carboxylic acids is 1. The number of aromatic nitrogens is 3. The molecular weight excluding hydrogens is 262 g/mol. The van der Waals surface area contributed by atoms with Gasteiger partial charge in [0.05, 0.1) is 12.1 Å². The molecule has 1 atom stereocenters. The van der Waals surface area contributed by atoms with E-state index in [4.69, 9.17) is 5.11 Å². The fourth-order valence-electron chi connectivity index (χ4n) is 2.26. The molecule has 2 heterocycles. The first-order chi connectivity index (χ1) is 9.66. The topological polar surface area (TPSA) is 100 Å². The molecule has 1 fully saturated rings. The highest BCUT2D eigenvalue weighted by Crippen LogP contribution is 2.16. The van der Waals surface area contributed by atoms with Crippen molar-refractivity contribution in [2.75, 3.05) is 19.6 Å². The second-order valence-corrected chi connectivity index (χ2v) is 4.88. The van der Waals surface area contributed by atoms with Crippen LogP contribution in [0.3, 0.4) is 0 Å². The molecule has 1 aliphatic heterocycles. The van der Waals surface area contributed by atoms with Gasteiger partial charge in [-0.15, -0.1) is 5.10 Å². The lowest BCUT2D eigenvalue weighted by Gasteiger charge is -2.30. The van der Waals surface area contributed by atoms with Crippen molar-refractivity contribution in [3.8, 4) is 0 Å². The number of piperidine rings is 1. The minimum atomic E-state index is -0.825. The van der Waals surface area contributed by atoms with Gasteiger partial charge in [0, 0.05) is 32.4 Å². The lowest BCUT2D eigenvalue weighted by Crippen LogP contribution is -2.47. The van der Waals surface area contributed by atoms with E-state index in [2.05, 4.69) is 15.6 Å². The molecule has 0 unspecified atom stereocenters. The molecule has 1 aromatic rings. The Morgan fingerprint density at radius 1 is 1.45 bits per heavy atom. The highest BCUT2D eigenvalue weighted by molar-refractivity contribution is 5.76. The number of aryl methyl sites for hydroxylation is 1. The van der Waals surface area contributed by atoms with Crippen LogP contribution in [0.1, 0.15) is 19.3 Å². The molecule has 0 aromatic carbocycles. The number of likely N-dealkylation sites (tertiary alicyclic amines) is 1. The van der Waals surface area contributed by atoms with Crippen molar-refractivity contribution < 1.29 is 14.7 Å². The minimum Gasteiger partial charge on any atom is -0.481 e. The maximum atomic E-state index is 11.9. The van der Waals surface area contributed by atoms with Crippen LogP contribution < -0.4 is 5.32 Å². The predicted octanol–water partition coefficient (Wildman–Crippen LogP) is 0.174. The molecule has 1 aromatic heterocycles. The van der Waals surface area contributed by atoms with Crippen molar-refractivity contribution in [1.82, 2.24) is 25.2 Å². The number of aliphatic carboxylic acids is 1. The van der Waals surface area contributed by atoms with Crippen LogP contribution in [0.15, 0.2) is 12.4 Å². The van der Waals surface area contributed by atoms with Crippen LogP contribution in [-0.2, 0) is 11.3 Å². The first-order valence-corrected chi connectivity index (χ1v) is 6.76. The van der Waals surface area contributed by atoms with Crippen LogP contribution in [0.2, 0.25) is 0 Å². The zero-order chi connectivity index (χ0) is 14.4. The summed E-state index contributed by atoms with van der Waals surface area (Å²) in [6, 6.07) is -0.186. The molecule has 0 aliphatic carbocycles. The molecule has 0 bridgehead atoms. The number of amides is 2. The number of hydrogen-bond acceptors (Lipinski definition) is 4. The molecule has 0 radical (unpaired) electrons. The number of carboxylic acid groups (broad SMARTS) is 1. The Balaban J connectivity index is 1.67. The van der Waals surface area contributed by atoms with E-state index in [1.54, 1.807) is 22.0 Å². The Morgan fingerprint density at radius 2 is 2.30 bits per heavy atom. The summed E-state index contributed by atoms with van der Waals surface area (Å²) >= 11 is 0. The van der Waals surface area contributed by atoms with Crippen molar-refractivity contribution >= 4 is 12.0 Å². The first kappa shape index (κ1) is 14.3. The summed E-state index contributed by atoms with van der Waals surface area (Å²) < 4.78 is 1.70. The Hall–Kier alpha value is -2.12. The number of rotatable bonds is 5. The molecule has 2 rings (SSSR count). The van der Waals surface area contributed by atoms with E-state index in [9.17, 15) is 9.59 Å². The normalized spacial score (nSPS) is 18.8. The third-order valence-corrected chi connectivity index (χ3v) is 3.37. The van der Waals surface area contributed by atoms with Gasteiger partial charge < -0.3 is 15.3 Å². The van der Waals surface area contributed by atoms with Crippen LogP contribution in [-0.4, -0.2) is 56.6 Å². The fourth-order valence-corrected chi connectivity index (χ4v) is 2.26. The van der Waals surface area contributed by atoms with Gasteiger partial charge in [0.25, 0.3) is 0 Å². The van der Waals surface area contributed by atoms with Crippen LogP contribution in [0.5, 0.6) is 0 Å². The van der Waals surface area contributed by atoms with Crippen LogP contribution >= 0.6 is 0 Å². The number of carbonyl (C=O) groups excluding carboxylic acids is 1. The summed E-state index contributed by atoms with van der Waals surface area (Å²) in [4.78, 5) is 24.4. The van der Waals surface area contributed by atoms with Crippen molar-refractivity contribution in [2.45, 2.75) is 25.8 Å². The molecule has 2 amide bonds. The quantitative estimate of drug-likeness (QED) is 0.750. The van der Waals surface area contributed by atoms with Crippen LogP contribution in [0.4, 0.5) is 4.79 Å². The van der Waals surface area contributed by atoms with Crippen LogP contribution in [0, 0.1) is 5.92 Å². The van der Waals surface area contributed by atoms with Gasteiger partial charge in [-0.25, -0.2) is 4.79 Å². The van der Waals surface area contributed by atoms with E-state index in [1.165, 1.54) is 0 Å². The fraction of sp³-hybridized carbons (Fsp3) is 0.667. The maximum Gasteiger partial charge on any atom is 0.317 e. The summed E-state index contributed by atoms with van der Waals surface area (Å²) in [5, 5.41) is 19.3. The number of carbonyl (C=O) groups is 2. The van der Waals surface area contributed by atoms with Gasteiger partial charge in [-0.1, -0.05) is 5.21 Å². The maximum absolute atomic E-state index is 11.9. The molecule has 20 heavy (non-hydrogen) atoms. The van der Waals surface area contributed by atoms with Crippen molar-refractivity contribution in [3.05, 3.63) is 12.4 Å². The lowest BCUT2D eigenvalue weighted by molar-refractivity contribution is -0.143. The zero-order valence-electron chi connectivity index (χ0n) is 11.2. The molecule has 0 spiro atoms. The van der Waals surface area contributed by atoms with E-state index >= 15 is 0 Å². The second-order valence-electron chi connectivity index (χ2n) is 4.88. The third kappa shape index (κ3) is 3.94. The minimum absolute atomic E-state index is 0.186. The Kier molecular flexibility index (Phi) is 4.91. The van der Waals surface area contributed by atoms with Crippen LogP contribution in [0.25, 0.3) is 0 Å². The van der Waals surface area contributed by atoms with Crippen molar-refractivity contribution in [1.29, 1.82) is 0 Å². The van der Waals surface area contributed by atoms with Crippen molar-refractivity contribution in [2.24, 2.45) is 5.92 Å². The van der Waals surface area contributed by atoms with Gasteiger partial charge in [-0.2, -0.15) is 0 Å². The number of nitrogens with one attached hydrogen (secondary N) is 1. The standard InChI is InChI=1S/C12H19N5O3/c18-11(19)10-3-1-6-16(9-10)12(20)13-4-2-7-17-8-5-14-15-17/h5,8,10H,1-4,6-7,9H2,(H,13,20)(H,18,19)/t10-/m1/s1. The SMILES string of the molecule is O=C(O)[C@@H]1CCCN(C(=O)NCCCn2ccnn2)C1. The summed E-state index contributed by atoms with van der Waals surface area (Å²) in [6.45, 7) is 2.15. The lowest BCUT2D eigenvalue weighted by atomic mass is 9.99. The third-order valence-electron chi connectivity index (χ3n) is 3.37. The predicted molar refractivity (Wildman–Crippen MR) is 70.0 cm³/mol. The molecule has 8 heteroatoms. The number of hydrogen-bond donors (Lipinski definition) is 2. The number of nitrogens with zero attached hydrogens (tertiary/aromatic N) is 4. The smallest absolute Gasteiger partial charge is 0.317 e. The van der Waals surface area contributed by atoms with E-state index in [-0.39, 0.29) is 6.03 Å². The van der Waals surface area contributed by atoms with Gasteiger partial charge >= 0.3 is 12.0 Å². The molecular formula is C12H19N5O3. The van der Waals surface area contributed by atoms with E-state index < -0.39 is 11.9 Å². The summed E-state index contributed by atoms with van der Waals surface area (Å²) in [6.07, 6.45) is 5.52. The van der Waals surface area contributed by atoms with Crippen molar-refractivity contribution in [3.63, 3.8) is 0 Å². The average Bonchev–Trinajstić information content (AvgIpc) is 2.96. The highest BCUT2D eigenvalue weighted by Gasteiger charge is 2.27. The molecule has 110 valence electrons. The molecule has 1 aliphatic rings. The van der Waals surface area contributed by atoms with Gasteiger partial charge in [-0.05, 0) is 19.3 Å². The first-order valence-electron chi connectivity index (χ1n) is 6.76. The second kappa shape index (κ2) is 6.88.